The molecule has 2 N–H and O–H groups in total. The van der Waals surface area contributed by atoms with Crippen molar-refractivity contribution in [2.24, 2.45) is 5.41 Å². The predicted molar refractivity (Wildman–Crippen MR) is 94.0 cm³/mol. The number of nitrogens with zero attached hydrogens (tertiary/aromatic N) is 3. The first-order valence-corrected chi connectivity index (χ1v) is 8.82. The molecule has 1 aliphatic carbocycles. The van der Waals surface area contributed by atoms with E-state index in [0.29, 0.717) is 12.6 Å². The third-order valence-corrected chi connectivity index (χ3v) is 5.07. The van der Waals surface area contributed by atoms with Gasteiger partial charge >= 0.3 is 12.4 Å². The number of anilines is 2. The van der Waals surface area contributed by atoms with Gasteiger partial charge in [0.15, 0.2) is 0 Å². The van der Waals surface area contributed by atoms with Crippen LogP contribution < -0.4 is 10.6 Å². The molecule has 5 nitrogen and oxygen atoms in total. The summed E-state index contributed by atoms with van der Waals surface area (Å²) in [6.45, 7) is 3.52. The second-order valence-electron chi connectivity index (χ2n) is 7.56. The smallest absolute Gasteiger partial charge is 0.366 e. The Morgan fingerprint density at radius 1 is 1.07 bits per heavy atom. The molecule has 3 rings (SSSR count). The Kier molecular flexibility index (Phi) is 5.35. The van der Waals surface area contributed by atoms with Crippen molar-refractivity contribution in [2.75, 3.05) is 10.6 Å². The summed E-state index contributed by atoms with van der Waals surface area (Å²) in [7, 11) is 0. The Balaban J connectivity index is 1.83. The Morgan fingerprint density at radius 2 is 1.76 bits per heavy atom. The first-order valence-electron chi connectivity index (χ1n) is 8.82. The van der Waals surface area contributed by atoms with Crippen molar-refractivity contribution in [3.8, 4) is 0 Å². The van der Waals surface area contributed by atoms with Gasteiger partial charge < -0.3 is 10.6 Å². The van der Waals surface area contributed by atoms with Crippen molar-refractivity contribution < 1.29 is 26.3 Å². The highest BCUT2D eigenvalue weighted by atomic mass is 19.4. The molecule has 0 saturated heterocycles. The first-order chi connectivity index (χ1) is 13.4. The number of rotatable bonds is 5. The normalized spacial score (nSPS) is 18.8. The number of alkyl halides is 6. The van der Waals surface area contributed by atoms with Gasteiger partial charge in [-0.1, -0.05) is 13.8 Å². The summed E-state index contributed by atoms with van der Waals surface area (Å²) in [4.78, 5) is 11.2. The maximum Gasteiger partial charge on any atom is 0.421 e. The van der Waals surface area contributed by atoms with Crippen LogP contribution in [0.1, 0.15) is 43.4 Å². The third-order valence-electron chi connectivity index (χ3n) is 5.07. The Morgan fingerprint density at radius 3 is 2.31 bits per heavy atom. The van der Waals surface area contributed by atoms with E-state index in [-0.39, 0.29) is 29.5 Å². The van der Waals surface area contributed by atoms with Crippen LogP contribution in [0.15, 0.2) is 24.7 Å². The molecule has 0 amide bonds. The van der Waals surface area contributed by atoms with E-state index < -0.39 is 29.3 Å². The number of nitrogens with one attached hydrogen (secondary N) is 2. The molecular weight excluding hydrogens is 400 g/mol. The third kappa shape index (κ3) is 4.70. The van der Waals surface area contributed by atoms with Crippen LogP contribution in [0, 0.1) is 5.41 Å². The summed E-state index contributed by atoms with van der Waals surface area (Å²) in [5.41, 5.74) is -2.26. The van der Waals surface area contributed by atoms with Crippen LogP contribution in [0.25, 0.3) is 0 Å². The maximum absolute atomic E-state index is 13.3. The van der Waals surface area contributed by atoms with Gasteiger partial charge in [-0.05, 0) is 24.3 Å². The maximum atomic E-state index is 13.3. The fraction of sp³-hybridized carbons (Fsp3) is 0.500. The molecule has 2 aromatic rings. The van der Waals surface area contributed by atoms with Crippen molar-refractivity contribution in [3.05, 3.63) is 41.3 Å². The number of halogens is 6. The highest BCUT2D eigenvalue weighted by Crippen LogP contribution is 2.43. The minimum atomic E-state index is -4.67. The van der Waals surface area contributed by atoms with Crippen molar-refractivity contribution in [2.45, 2.75) is 51.6 Å². The number of pyridine rings is 1. The minimum Gasteiger partial charge on any atom is -0.366 e. The topological polar surface area (TPSA) is 62.7 Å². The van der Waals surface area contributed by atoms with Gasteiger partial charge in [-0.2, -0.15) is 31.3 Å². The van der Waals surface area contributed by atoms with Crippen molar-refractivity contribution >= 4 is 11.8 Å². The fourth-order valence-corrected chi connectivity index (χ4v) is 3.10. The van der Waals surface area contributed by atoms with Crippen LogP contribution in [-0.4, -0.2) is 21.0 Å². The summed E-state index contributed by atoms with van der Waals surface area (Å²) in [6.07, 6.45) is -5.01. The lowest BCUT2D eigenvalue weighted by atomic mass is 9.67. The summed E-state index contributed by atoms with van der Waals surface area (Å²) in [5, 5.41) is 5.37. The molecule has 0 aliphatic heterocycles. The zero-order chi connectivity index (χ0) is 21.4. The molecule has 0 spiro atoms. The molecule has 2 aromatic heterocycles. The molecule has 158 valence electrons. The monoisotopic (exact) mass is 419 g/mol. The molecule has 2 heterocycles. The first kappa shape index (κ1) is 21.1. The van der Waals surface area contributed by atoms with E-state index in [2.05, 4.69) is 25.6 Å². The second-order valence-corrected chi connectivity index (χ2v) is 7.56. The zero-order valence-corrected chi connectivity index (χ0v) is 15.6. The molecule has 0 bridgehead atoms. The lowest BCUT2D eigenvalue weighted by Crippen LogP contribution is -2.46. The van der Waals surface area contributed by atoms with Crippen molar-refractivity contribution in [1.82, 2.24) is 15.0 Å². The van der Waals surface area contributed by atoms with Crippen molar-refractivity contribution in [1.29, 1.82) is 0 Å². The van der Waals surface area contributed by atoms with Gasteiger partial charge in [0.2, 0.25) is 5.95 Å². The van der Waals surface area contributed by atoms with E-state index in [1.165, 1.54) is 0 Å². The molecule has 1 aliphatic rings. The second kappa shape index (κ2) is 7.34. The SMILES string of the molecule is CC1(C)CCC1Nc1nc(NCc2cnccc2C(F)(F)F)ncc1C(F)(F)F. The van der Waals surface area contributed by atoms with Gasteiger partial charge in [-0.3, -0.25) is 4.98 Å². The standard InChI is InChI=1S/C18H19F6N5/c1-16(2)5-3-13(16)28-14-12(18(22,23)24)9-27-15(29-14)26-8-10-7-25-6-4-11(10)17(19,20)21/h4,6-7,9,13H,3,5,8H2,1-2H3,(H2,26,27,28,29). The molecule has 0 aromatic carbocycles. The van der Waals surface area contributed by atoms with Crippen LogP contribution >= 0.6 is 0 Å². The molecule has 1 fully saturated rings. The fourth-order valence-electron chi connectivity index (χ4n) is 3.10. The minimum absolute atomic E-state index is 0.168. The van der Waals surface area contributed by atoms with Crippen LogP contribution in [0.5, 0.6) is 0 Å². The van der Waals surface area contributed by atoms with Crippen LogP contribution in [0.3, 0.4) is 0 Å². The van der Waals surface area contributed by atoms with E-state index in [9.17, 15) is 26.3 Å². The summed E-state index contributed by atoms with van der Waals surface area (Å²) >= 11 is 0. The Labute approximate surface area is 163 Å². The average Bonchev–Trinajstić information content (AvgIpc) is 2.62. The van der Waals surface area contributed by atoms with E-state index >= 15 is 0 Å². The molecule has 1 atom stereocenters. The van der Waals surface area contributed by atoms with E-state index in [1.54, 1.807) is 0 Å². The molecule has 11 heteroatoms. The quantitative estimate of drug-likeness (QED) is 0.659. The summed E-state index contributed by atoms with van der Waals surface area (Å²) in [6, 6.07) is 0.637. The van der Waals surface area contributed by atoms with Gasteiger partial charge in [0.05, 0.1) is 5.56 Å². The Hall–Kier alpha value is -2.59. The zero-order valence-electron chi connectivity index (χ0n) is 15.6. The van der Waals surface area contributed by atoms with Gasteiger partial charge in [0.25, 0.3) is 0 Å². The van der Waals surface area contributed by atoms with E-state index in [4.69, 9.17) is 0 Å². The number of hydrogen-bond acceptors (Lipinski definition) is 5. The van der Waals surface area contributed by atoms with Gasteiger partial charge in [0, 0.05) is 36.7 Å². The number of hydrogen-bond donors (Lipinski definition) is 2. The molecule has 0 radical (unpaired) electrons. The lowest BCUT2D eigenvalue weighted by molar-refractivity contribution is -0.138. The van der Waals surface area contributed by atoms with Crippen LogP contribution in [0.4, 0.5) is 38.1 Å². The summed E-state index contributed by atoms with van der Waals surface area (Å²) in [5.74, 6) is -0.607. The average molecular weight is 419 g/mol. The molecule has 1 unspecified atom stereocenters. The predicted octanol–water partition coefficient (Wildman–Crippen LogP) is 5.12. The summed E-state index contributed by atoms with van der Waals surface area (Å²) < 4.78 is 79.1. The molecule has 1 saturated carbocycles. The van der Waals surface area contributed by atoms with Crippen LogP contribution in [0.2, 0.25) is 0 Å². The van der Waals surface area contributed by atoms with Gasteiger partial charge in [-0.25, -0.2) is 4.98 Å². The van der Waals surface area contributed by atoms with Gasteiger partial charge in [0.1, 0.15) is 11.4 Å². The van der Waals surface area contributed by atoms with Crippen LogP contribution in [-0.2, 0) is 18.9 Å². The lowest BCUT2D eigenvalue weighted by Gasteiger charge is -2.45. The van der Waals surface area contributed by atoms with Crippen molar-refractivity contribution in [3.63, 3.8) is 0 Å². The highest BCUT2D eigenvalue weighted by Gasteiger charge is 2.41. The largest absolute Gasteiger partial charge is 0.421 e. The van der Waals surface area contributed by atoms with E-state index in [0.717, 1.165) is 24.9 Å². The molecular formula is C18H19F6N5. The van der Waals surface area contributed by atoms with Gasteiger partial charge in [-0.15, -0.1) is 0 Å². The number of aromatic nitrogens is 3. The highest BCUT2D eigenvalue weighted by molar-refractivity contribution is 5.50. The molecule has 29 heavy (non-hydrogen) atoms. The Bertz CT molecular complexity index is 878. The van der Waals surface area contributed by atoms with E-state index in [1.807, 2.05) is 13.8 Å².